The van der Waals surface area contributed by atoms with E-state index in [1.54, 1.807) is 55.4 Å². The minimum absolute atomic E-state index is 0.0188. The molecule has 7 nitrogen and oxygen atoms in total. The molecule has 0 saturated carbocycles. The van der Waals surface area contributed by atoms with E-state index in [0.29, 0.717) is 42.4 Å². The summed E-state index contributed by atoms with van der Waals surface area (Å²) >= 11 is 0. The van der Waals surface area contributed by atoms with Gasteiger partial charge in [0.15, 0.2) is 0 Å². The van der Waals surface area contributed by atoms with Gasteiger partial charge in [-0.15, -0.1) is 0 Å². The quantitative estimate of drug-likeness (QED) is 0.475. The first kappa shape index (κ1) is 25.1. The lowest BCUT2D eigenvalue weighted by Gasteiger charge is -2.25. The molecule has 2 atom stereocenters. The Morgan fingerprint density at radius 1 is 0.861 bits per heavy atom. The van der Waals surface area contributed by atoms with Gasteiger partial charge in [0.2, 0.25) is 5.91 Å². The normalized spacial score (nSPS) is 16.9. The number of hydrogen-bond acceptors (Lipinski definition) is 5. The van der Waals surface area contributed by atoms with E-state index in [-0.39, 0.29) is 17.7 Å². The van der Waals surface area contributed by atoms with Crippen LogP contribution in [0, 0.1) is 5.92 Å². The summed E-state index contributed by atoms with van der Waals surface area (Å²) in [5, 5.41) is 0. The van der Waals surface area contributed by atoms with Crippen molar-refractivity contribution in [2.24, 2.45) is 5.92 Å². The molecule has 1 fully saturated rings. The van der Waals surface area contributed by atoms with Crippen LogP contribution in [-0.2, 0) is 11.3 Å². The molecule has 0 aliphatic carbocycles. The van der Waals surface area contributed by atoms with Gasteiger partial charge >= 0.3 is 0 Å². The smallest absolute Gasteiger partial charge is 0.254 e. The fraction of sp³-hybridized carbons (Fsp3) is 0.310. The highest BCUT2D eigenvalue weighted by Gasteiger charge is 2.43. The first-order chi connectivity index (χ1) is 17.4. The Bertz CT molecular complexity index is 1210. The van der Waals surface area contributed by atoms with Gasteiger partial charge in [0.05, 0.1) is 27.2 Å². The molecule has 7 heteroatoms. The summed E-state index contributed by atoms with van der Waals surface area (Å²) in [7, 11) is 6.59. The minimum atomic E-state index is -0.436. The molecule has 188 valence electrons. The molecule has 1 heterocycles. The van der Waals surface area contributed by atoms with Gasteiger partial charge in [-0.1, -0.05) is 36.4 Å². The SMILES string of the molecule is COc1cccc(C(=O)N2C[C@H](c3cc(OC)ccc3OC)[C@H](C(=O)N(C)Cc3ccccc3)C2)c1. The molecule has 0 N–H and O–H groups in total. The second-order valence-electron chi connectivity index (χ2n) is 8.94. The first-order valence-electron chi connectivity index (χ1n) is 11.9. The molecular formula is C29H32N2O5. The maximum atomic E-state index is 13.8. The molecule has 0 spiro atoms. The van der Waals surface area contributed by atoms with E-state index in [9.17, 15) is 9.59 Å². The molecule has 1 aliphatic rings. The van der Waals surface area contributed by atoms with Gasteiger partial charge in [-0.05, 0) is 42.0 Å². The van der Waals surface area contributed by atoms with E-state index in [1.807, 2.05) is 55.6 Å². The van der Waals surface area contributed by atoms with Crippen molar-refractivity contribution < 1.29 is 23.8 Å². The molecule has 0 aromatic heterocycles. The number of hydrogen-bond donors (Lipinski definition) is 0. The zero-order chi connectivity index (χ0) is 25.7. The molecule has 36 heavy (non-hydrogen) atoms. The Balaban J connectivity index is 1.67. The standard InChI is InChI=1S/C29H32N2O5/c1-30(17-20-9-6-5-7-10-20)29(33)26-19-31(28(32)21-11-8-12-22(15-21)34-2)18-25(26)24-16-23(35-3)13-14-27(24)36-4/h5-16,25-26H,17-19H2,1-4H3/t25-,26-/m1/s1. The maximum absolute atomic E-state index is 13.8. The zero-order valence-corrected chi connectivity index (χ0v) is 21.1. The molecular weight excluding hydrogens is 456 g/mol. The monoisotopic (exact) mass is 488 g/mol. The predicted octanol–water partition coefficient (Wildman–Crippen LogP) is 4.23. The number of nitrogens with zero attached hydrogens (tertiary/aromatic N) is 2. The second kappa shape index (κ2) is 11.2. The van der Waals surface area contributed by atoms with Gasteiger partial charge in [-0.3, -0.25) is 9.59 Å². The Morgan fingerprint density at radius 2 is 1.58 bits per heavy atom. The number of likely N-dealkylation sites (tertiary alicyclic amines) is 1. The van der Waals surface area contributed by atoms with Crippen LogP contribution in [0.1, 0.15) is 27.4 Å². The molecule has 4 rings (SSSR count). The highest BCUT2D eigenvalue weighted by molar-refractivity contribution is 5.95. The van der Waals surface area contributed by atoms with Crippen molar-refractivity contribution >= 4 is 11.8 Å². The number of ether oxygens (including phenoxy) is 3. The number of rotatable bonds is 8. The highest BCUT2D eigenvalue weighted by atomic mass is 16.5. The van der Waals surface area contributed by atoms with Gasteiger partial charge < -0.3 is 24.0 Å². The van der Waals surface area contributed by atoms with E-state index >= 15 is 0 Å². The molecule has 0 radical (unpaired) electrons. The van der Waals surface area contributed by atoms with E-state index in [4.69, 9.17) is 14.2 Å². The zero-order valence-electron chi connectivity index (χ0n) is 21.1. The van der Waals surface area contributed by atoms with Crippen LogP contribution < -0.4 is 14.2 Å². The summed E-state index contributed by atoms with van der Waals surface area (Å²) in [4.78, 5) is 30.8. The number of benzene rings is 3. The van der Waals surface area contributed by atoms with Crippen LogP contribution in [0.4, 0.5) is 0 Å². The summed E-state index contributed by atoms with van der Waals surface area (Å²) in [6.45, 7) is 1.18. The van der Waals surface area contributed by atoms with Crippen molar-refractivity contribution in [3.8, 4) is 17.2 Å². The lowest BCUT2D eigenvalue weighted by atomic mass is 9.87. The second-order valence-corrected chi connectivity index (χ2v) is 8.94. The summed E-state index contributed by atoms with van der Waals surface area (Å²) in [5.41, 5.74) is 2.42. The maximum Gasteiger partial charge on any atom is 0.254 e. The van der Waals surface area contributed by atoms with Crippen molar-refractivity contribution in [1.82, 2.24) is 9.80 Å². The lowest BCUT2D eigenvalue weighted by Crippen LogP contribution is -2.36. The third kappa shape index (κ3) is 5.30. The average Bonchev–Trinajstić information content (AvgIpc) is 3.37. The molecule has 2 amide bonds. The van der Waals surface area contributed by atoms with Gasteiger partial charge in [0, 0.05) is 43.7 Å². The molecule has 1 saturated heterocycles. The molecule has 3 aromatic carbocycles. The fourth-order valence-corrected chi connectivity index (χ4v) is 4.82. The van der Waals surface area contributed by atoms with Crippen LogP contribution in [0.3, 0.4) is 0 Å². The van der Waals surface area contributed by atoms with E-state index in [2.05, 4.69) is 0 Å². The Hall–Kier alpha value is -4.00. The fourth-order valence-electron chi connectivity index (χ4n) is 4.82. The third-order valence-electron chi connectivity index (χ3n) is 6.72. The van der Waals surface area contributed by atoms with E-state index in [0.717, 1.165) is 11.1 Å². The lowest BCUT2D eigenvalue weighted by molar-refractivity contribution is -0.134. The predicted molar refractivity (Wildman–Crippen MR) is 138 cm³/mol. The third-order valence-corrected chi connectivity index (χ3v) is 6.72. The molecule has 3 aromatic rings. The molecule has 0 unspecified atom stereocenters. The van der Waals surface area contributed by atoms with Crippen LogP contribution in [0.25, 0.3) is 0 Å². The highest BCUT2D eigenvalue weighted by Crippen LogP contribution is 2.40. The topological polar surface area (TPSA) is 68.3 Å². The summed E-state index contributed by atoms with van der Waals surface area (Å²) in [6, 6.07) is 22.5. The molecule has 1 aliphatic heterocycles. The van der Waals surface area contributed by atoms with Gasteiger partial charge in [0.25, 0.3) is 5.91 Å². The van der Waals surface area contributed by atoms with Crippen LogP contribution in [0.15, 0.2) is 72.8 Å². The van der Waals surface area contributed by atoms with Crippen molar-refractivity contribution in [1.29, 1.82) is 0 Å². The van der Waals surface area contributed by atoms with Crippen molar-refractivity contribution in [3.63, 3.8) is 0 Å². The Labute approximate surface area is 212 Å². The van der Waals surface area contributed by atoms with E-state index in [1.165, 1.54) is 0 Å². The Morgan fingerprint density at radius 3 is 2.28 bits per heavy atom. The van der Waals surface area contributed by atoms with E-state index < -0.39 is 5.92 Å². The van der Waals surface area contributed by atoms with Crippen molar-refractivity contribution in [3.05, 3.63) is 89.5 Å². The largest absolute Gasteiger partial charge is 0.497 e. The minimum Gasteiger partial charge on any atom is -0.497 e. The first-order valence-corrected chi connectivity index (χ1v) is 11.9. The van der Waals surface area contributed by atoms with Crippen molar-refractivity contribution in [2.45, 2.75) is 12.5 Å². The van der Waals surface area contributed by atoms with Gasteiger partial charge in [-0.2, -0.15) is 0 Å². The van der Waals surface area contributed by atoms with Crippen LogP contribution in [-0.4, -0.2) is 63.1 Å². The number of amides is 2. The van der Waals surface area contributed by atoms with Crippen LogP contribution in [0.5, 0.6) is 17.2 Å². The average molecular weight is 489 g/mol. The van der Waals surface area contributed by atoms with Crippen LogP contribution >= 0.6 is 0 Å². The summed E-state index contributed by atoms with van der Waals surface area (Å²) in [5.74, 6) is 1.11. The van der Waals surface area contributed by atoms with Crippen LogP contribution in [0.2, 0.25) is 0 Å². The number of carbonyl (C=O) groups is 2. The molecule has 0 bridgehead atoms. The Kier molecular flexibility index (Phi) is 7.78. The van der Waals surface area contributed by atoms with Gasteiger partial charge in [0.1, 0.15) is 17.2 Å². The summed E-state index contributed by atoms with van der Waals surface area (Å²) < 4.78 is 16.4. The number of carbonyl (C=O) groups excluding carboxylic acids is 2. The van der Waals surface area contributed by atoms with Crippen molar-refractivity contribution in [2.75, 3.05) is 41.5 Å². The van der Waals surface area contributed by atoms with Gasteiger partial charge in [-0.25, -0.2) is 0 Å². The number of methoxy groups -OCH3 is 3. The summed E-state index contributed by atoms with van der Waals surface area (Å²) in [6.07, 6.45) is 0.